The van der Waals surface area contributed by atoms with Gasteiger partial charge in [0.1, 0.15) is 11.6 Å². The van der Waals surface area contributed by atoms with E-state index >= 15 is 0 Å². The zero-order valence-corrected chi connectivity index (χ0v) is 21.0. The van der Waals surface area contributed by atoms with E-state index in [1.807, 2.05) is 43.3 Å². The van der Waals surface area contributed by atoms with Crippen LogP contribution in [-0.2, 0) is 11.0 Å². The van der Waals surface area contributed by atoms with Crippen molar-refractivity contribution in [3.05, 3.63) is 97.0 Å². The van der Waals surface area contributed by atoms with E-state index < -0.39 is 23.5 Å². The summed E-state index contributed by atoms with van der Waals surface area (Å²) in [6.07, 6.45) is -1.99. The van der Waals surface area contributed by atoms with Crippen molar-refractivity contribution in [1.29, 1.82) is 0 Å². The molecule has 7 nitrogen and oxygen atoms in total. The summed E-state index contributed by atoms with van der Waals surface area (Å²) in [6, 6.07) is 15.8. The summed E-state index contributed by atoms with van der Waals surface area (Å²) < 4.78 is 54.0. The molecule has 3 N–H and O–H groups in total. The molecule has 0 aliphatic carbocycles. The van der Waals surface area contributed by atoms with Gasteiger partial charge in [0, 0.05) is 42.9 Å². The van der Waals surface area contributed by atoms with E-state index in [0.29, 0.717) is 22.5 Å². The van der Waals surface area contributed by atoms with E-state index in [4.69, 9.17) is 0 Å². The Bertz CT molecular complexity index is 1490. The van der Waals surface area contributed by atoms with Crippen LogP contribution in [0.2, 0.25) is 0 Å². The summed E-state index contributed by atoms with van der Waals surface area (Å²) in [6.45, 7) is 3.39. The standard InChI is InChI=1S/C28H24F4N6O/c1-4-25(39)34-20-11-14-23(29)24(15-20)36-26-22(17-5-7-18(8-6-17)28(30,31)32)16-33-27(37-26)35-19-9-12-21(13-10-19)38(2)3/h4-16H,1H2,2-3H3,(H,34,39)(H2,33,35,36,37). The number of hydrogen-bond donors (Lipinski definition) is 3. The molecule has 0 saturated carbocycles. The number of hydrogen-bond acceptors (Lipinski definition) is 6. The van der Waals surface area contributed by atoms with E-state index in [-0.39, 0.29) is 17.5 Å². The smallest absolute Gasteiger partial charge is 0.378 e. The van der Waals surface area contributed by atoms with Crippen LogP contribution in [0.15, 0.2) is 85.6 Å². The molecular formula is C28H24F4N6O. The molecule has 0 radical (unpaired) electrons. The molecule has 0 unspecified atom stereocenters. The van der Waals surface area contributed by atoms with Crippen LogP contribution in [0.25, 0.3) is 11.1 Å². The second kappa shape index (κ2) is 11.2. The van der Waals surface area contributed by atoms with Gasteiger partial charge in [0.2, 0.25) is 11.9 Å². The molecule has 1 amide bonds. The summed E-state index contributed by atoms with van der Waals surface area (Å²) in [5.41, 5.74) is 1.85. The largest absolute Gasteiger partial charge is 0.416 e. The van der Waals surface area contributed by atoms with Crippen molar-refractivity contribution in [3.63, 3.8) is 0 Å². The van der Waals surface area contributed by atoms with Crippen molar-refractivity contribution in [2.24, 2.45) is 0 Å². The predicted octanol–water partition coefficient (Wildman–Crippen LogP) is 6.98. The SMILES string of the molecule is C=CC(=O)Nc1ccc(F)c(Nc2nc(Nc3ccc(N(C)C)cc3)ncc2-c2ccc(C(F)(F)F)cc2)c1. The van der Waals surface area contributed by atoms with Gasteiger partial charge in [0.05, 0.1) is 11.3 Å². The summed E-state index contributed by atoms with van der Waals surface area (Å²) >= 11 is 0. The lowest BCUT2D eigenvalue weighted by Gasteiger charge is -2.16. The number of rotatable bonds is 8. The van der Waals surface area contributed by atoms with Gasteiger partial charge in [0.25, 0.3) is 0 Å². The van der Waals surface area contributed by atoms with Crippen molar-refractivity contribution < 1.29 is 22.4 Å². The minimum atomic E-state index is -4.49. The Morgan fingerprint density at radius 1 is 0.949 bits per heavy atom. The van der Waals surface area contributed by atoms with E-state index in [1.54, 1.807) is 0 Å². The Morgan fingerprint density at radius 3 is 2.23 bits per heavy atom. The molecule has 4 aromatic rings. The minimum Gasteiger partial charge on any atom is -0.378 e. The molecule has 200 valence electrons. The number of alkyl halides is 3. The number of amides is 1. The molecule has 0 aliphatic rings. The van der Waals surface area contributed by atoms with Crippen LogP contribution in [0.3, 0.4) is 0 Å². The van der Waals surface area contributed by atoms with E-state index in [0.717, 1.165) is 30.0 Å². The third kappa shape index (κ3) is 6.69. The van der Waals surface area contributed by atoms with Gasteiger partial charge in [-0.05, 0) is 66.2 Å². The number of carbonyl (C=O) groups excluding carboxylic acids is 1. The third-order valence-corrected chi connectivity index (χ3v) is 5.62. The molecule has 3 aromatic carbocycles. The van der Waals surface area contributed by atoms with Crippen molar-refractivity contribution in [1.82, 2.24) is 9.97 Å². The van der Waals surface area contributed by atoms with E-state index in [9.17, 15) is 22.4 Å². The van der Waals surface area contributed by atoms with E-state index in [1.165, 1.54) is 30.5 Å². The molecule has 39 heavy (non-hydrogen) atoms. The second-order valence-electron chi connectivity index (χ2n) is 8.61. The van der Waals surface area contributed by atoms with Gasteiger partial charge in [-0.1, -0.05) is 18.7 Å². The molecule has 1 heterocycles. The molecule has 0 spiro atoms. The molecule has 4 rings (SSSR count). The van der Waals surface area contributed by atoms with Crippen molar-refractivity contribution in [2.75, 3.05) is 34.9 Å². The number of halogens is 4. The summed E-state index contributed by atoms with van der Waals surface area (Å²) in [5, 5.41) is 8.52. The maximum absolute atomic E-state index is 14.8. The first kappa shape index (κ1) is 27.1. The van der Waals surface area contributed by atoms with Gasteiger partial charge in [-0.15, -0.1) is 0 Å². The predicted molar refractivity (Wildman–Crippen MR) is 145 cm³/mol. The zero-order chi connectivity index (χ0) is 28.2. The molecular weight excluding hydrogens is 512 g/mol. The Kier molecular flexibility index (Phi) is 7.80. The normalized spacial score (nSPS) is 11.0. The molecule has 1 aromatic heterocycles. The van der Waals surface area contributed by atoms with Crippen LogP contribution in [0.5, 0.6) is 0 Å². The van der Waals surface area contributed by atoms with Gasteiger partial charge in [-0.3, -0.25) is 4.79 Å². The van der Waals surface area contributed by atoms with Gasteiger partial charge >= 0.3 is 6.18 Å². The third-order valence-electron chi connectivity index (χ3n) is 5.62. The van der Waals surface area contributed by atoms with Gasteiger partial charge < -0.3 is 20.9 Å². The molecule has 11 heteroatoms. The van der Waals surface area contributed by atoms with Crippen LogP contribution in [-0.4, -0.2) is 30.0 Å². The number of carbonyl (C=O) groups is 1. The lowest BCUT2D eigenvalue weighted by molar-refractivity contribution is -0.137. The Labute approximate surface area is 222 Å². The molecule has 0 saturated heterocycles. The summed E-state index contributed by atoms with van der Waals surface area (Å²) in [5.74, 6) is -0.824. The Hall–Kier alpha value is -4.93. The molecule has 0 aliphatic heterocycles. The summed E-state index contributed by atoms with van der Waals surface area (Å²) in [4.78, 5) is 22.4. The van der Waals surface area contributed by atoms with Crippen LogP contribution in [0, 0.1) is 5.82 Å². The molecule has 0 atom stereocenters. The van der Waals surface area contributed by atoms with Crippen LogP contribution >= 0.6 is 0 Å². The van der Waals surface area contributed by atoms with Crippen molar-refractivity contribution in [3.8, 4) is 11.1 Å². The Morgan fingerprint density at radius 2 is 1.62 bits per heavy atom. The van der Waals surface area contributed by atoms with Crippen LogP contribution in [0.1, 0.15) is 5.56 Å². The topological polar surface area (TPSA) is 82.2 Å². The maximum Gasteiger partial charge on any atom is 0.416 e. The number of aromatic nitrogens is 2. The average molecular weight is 537 g/mol. The van der Waals surface area contributed by atoms with E-state index in [2.05, 4.69) is 32.5 Å². The number of nitrogens with zero attached hydrogens (tertiary/aromatic N) is 3. The Balaban J connectivity index is 1.72. The lowest BCUT2D eigenvalue weighted by Crippen LogP contribution is -2.09. The fraction of sp³-hybridized carbons (Fsp3) is 0.107. The average Bonchev–Trinajstić information content (AvgIpc) is 2.90. The first-order valence-electron chi connectivity index (χ1n) is 11.6. The monoisotopic (exact) mass is 536 g/mol. The second-order valence-corrected chi connectivity index (χ2v) is 8.61. The quantitative estimate of drug-likeness (QED) is 0.167. The fourth-order valence-corrected chi connectivity index (χ4v) is 3.58. The molecule has 0 fully saturated rings. The first-order valence-corrected chi connectivity index (χ1v) is 11.6. The highest BCUT2D eigenvalue weighted by Gasteiger charge is 2.30. The van der Waals surface area contributed by atoms with Gasteiger partial charge in [-0.25, -0.2) is 9.37 Å². The van der Waals surface area contributed by atoms with Gasteiger partial charge in [0.15, 0.2) is 0 Å². The molecule has 0 bridgehead atoms. The van der Waals surface area contributed by atoms with Crippen LogP contribution < -0.4 is 20.9 Å². The van der Waals surface area contributed by atoms with Gasteiger partial charge in [-0.2, -0.15) is 18.2 Å². The number of anilines is 6. The van der Waals surface area contributed by atoms with Crippen molar-refractivity contribution >= 4 is 40.4 Å². The zero-order valence-electron chi connectivity index (χ0n) is 21.0. The highest BCUT2D eigenvalue weighted by Crippen LogP contribution is 2.35. The maximum atomic E-state index is 14.8. The lowest BCUT2D eigenvalue weighted by atomic mass is 10.1. The number of benzene rings is 3. The highest BCUT2D eigenvalue weighted by molar-refractivity contribution is 5.99. The summed E-state index contributed by atoms with van der Waals surface area (Å²) in [7, 11) is 3.83. The first-order chi connectivity index (χ1) is 18.5. The fourth-order valence-electron chi connectivity index (χ4n) is 3.58. The van der Waals surface area contributed by atoms with Crippen molar-refractivity contribution in [2.45, 2.75) is 6.18 Å². The van der Waals surface area contributed by atoms with Crippen LogP contribution in [0.4, 0.5) is 52.1 Å². The minimum absolute atomic E-state index is 0.0231. The highest BCUT2D eigenvalue weighted by atomic mass is 19.4. The number of nitrogens with one attached hydrogen (secondary N) is 3.